The molecule has 2 rings (SSSR count). The summed E-state index contributed by atoms with van der Waals surface area (Å²) < 4.78 is 32.7. The smallest absolute Gasteiger partial charge is 0.182 e. The third kappa shape index (κ3) is 3.84. The molecule has 104 valence electrons. The van der Waals surface area contributed by atoms with Crippen LogP contribution in [-0.4, -0.2) is 24.7 Å². The van der Waals surface area contributed by atoms with Crippen molar-refractivity contribution in [1.29, 1.82) is 0 Å². The van der Waals surface area contributed by atoms with Gasteiger partial charge in [-0.3, -0.25) is 0 Å². The highest BCUT2D eigenvalue weighted by Gasteiger charge is 2.21. The zero-order valence-electron chi connectivity index (χ0n) is 10.4. The lowest BCUT2D eigenvalue weighted by Crippen LogP contribution is -2.15. The summed E-state index contributed by atoms with van der Waals surface area (Å²) in [5.74, 6) is -1.29. The van der Waals surface area contributed by atoms with E-state index in [1.807, 2.05) is 0 Å². The Morgan fingerprint density at radius 1 is 1.37 bits per heavy atom. The van der Waals surface area contributed by atoms with Gasteiger partial charge in [0, 0.05) is 18.7 Å². The van der Waals surface area contributed by atoms with E-state index >= 15 is 0 Å². The number of halogens is 2. The van der Waals surface area contributed by atoms with Crippen LogP contribution in [0.3, 0.4) is 0 Å². The standard InChI is InChI=1S/C13H16F2N2OS/c14-11-9(13(16)19)3-4-10(12(11)15)17-5-6-18-7-8-1-2-8/h3-4,8,17H,1-2,5-7H2,(H2,16,19). The molecule has 1 aromatic carbocycles. The lowest BCUT2D eigenvalue weighted by molar-refractivity contribution is 0.134. The summed E-state index contributed by atoms with van der Waals surface area (Å²) in [6.07, 6.45) is 2.46. The van der Waals surface area contributed by atoms with Crippen molar-refractivity contribution >= 4 is 22.9 Å². The first-order valence-corrected chi connectivity index (χ1v) is 6.60. The van der Waals surface area contributed by atoms with E-state index in [9.17, 15) is 8.78 Å². The molecule has 0 spiro atoms. The molecular formula is C13H16F2N2OS. The highest BCUT2D eigenvalue weighted by Crippen LogP contribution is 2.28. The fourth-order valence-corrected chi connectivity index (χ4v) is 1.83. The summed E-state index contributed by atoms with van der Waals surface area (Å²) in [6, 6.07) is 2.79. The van der Waals surface area contributed by atoms with Crippen LogP contribution in [0.2, 0.25) is 0 Å². The first-order chi connectivity index (χ1) is 9.09. The largest absolute Gasteiger partial charge is 0.389 e. The summed E-state index contributed by atoms with van der Waals surface area (Å²) in [5.41, 5.74) is 5.30. The molecule has 0 saturated heterocycles. The Morgan fingerprint density at radius 2 is 2.11 bits per heavy atom. The van der Waals surface area contributed by atoms with Crippen molar-refractivity contribution in [3.63, 3.8) is 0 Å². The highest BCUT2D eigenvalue weighted by atomic mass is 32.1. The second-order valence-electron chi connectivity index (χ2n) is 4.60. The van der Waals surface area contributed by atoms with Gasteiger partial charge in [-0.15, -0.1) is 0 Å². The van der Waals surface area contributed by atoms with Crippen LogP contribution in [0.1, 0.15) is 18.4 Å². The number of rotatable bonds is 7. The van der Waals surface area contributed by atoms with E-state index in [4.69, 9.17) is 10.5 Å². The van der Waals surface area contributed by atoms with Crippen LogP contribution >= 0.6 is 12.2 Å². The van der Waals surface area contributed by atoms with Gasteiger partial charge < -0.3 is 15.8 Å². The van der Waals surface area contributed by atoms with Crippen molar-refractivity contribution in [3.8, 4) is 0 Å². The van der Waals surface area contributed by atoms with E-state index in [0.29, 0.717) is 19.1 Å². The van der Waals surface area contributed by atoms with Crippen LogP contribution in [-0.2, 0) is 4.74 Å². The van der Waals surface area contributed by atoms with Gasteiger partial charge in [0.15, 0.2) is 11.6 Å². The third-order valence-electron chi connectivity index (χ3n) is 2.96. The first-order valence-electron chi connectivity index (χ1n) is 6.19. The van der Waals surface area contributed by atoms with E-state index in [0.717, 1.165) is 6.61 Å². The molecule has 0 radical (unpaired) electrons. The van der Waals surface area contributed by atoms with Crippen molar-refractivity contribution in [2.24, 2.45) is 11.7 Å². The summed E-state index contributed by atoms with van der Waals surface area (Å²) in [6.45, 7) is 1.64. The minimum Gasteiger partial charge on any atom is -0.389 e. The van der Waals surface area contributed by atoms with E-state index in [-0.39, 0.29) is 16.2 Å². The molecule has 19 heavy (non-hydrogen) atoms. The molecule has 0 atom stereocenters. The van der Waals surface area contributed by atoms with Crippen LogP contribution in [0.25, 0.3) is 0 Å². The van der Waals surface area contributed by atoms with Gasteiger partial charge in [0.25, 0.3) is 0 Å². The molecule has 6 heteroatoms. The number of benzene rings is 1. The number of anilines is 1. The maximum absolute atomic E-state index is 13.7. The van der Waals surface area contributed by atoms with E-state index < -0.39 is 11.6 Å². The predicted octanol–water partition coefficient (Wildman–Crippen LogP) is 2.44. The SMILES string of the molecule is NC(=S)c1ccc(NCCOCC2CC2)c(F)c1F. The zero-order chi connectivity index (χ0) is 13.8. The molecule has 3 N–H and O–H groups in total. The van der Waals surface area contributed by atoms with Crippen LogP contribution in [0.4, 0.5) is 14.5 Å². The fraction of sp³-hybridized carbons (Fsp3) is 0.462. The molecule has 1 saturated carbocycles. The Morgan fingerprint density at radius 3 is 2.74 bits per heavy atom. The summed E-state index contributed by atoms with van der Waals surface area (Å²) >= 11 is 4.64. The van der Waals surface area contributed by atoms with Crippen molar-refractivity contribution in [3.05, 3.63) is 29.3 Å². The molecule has 0 unspecified atom stereocenters. The normalized spacial score (nSPS) is 14.4. The Labute approximate surface area is 116 Å². The van der Waals surface area contributed by atoms with E-state index in [2.05, 4.69) is 17.5 Å². The average Bonchev–Trinajstić information content (AvgIpc) is 3.17. The molecule has 1 aromatic rings. The molecular weight excluding hydrogens is 270 g/mol. The van der Waals surface area contributed by atoms with Crippen LogP contribution in [0, 0.1) is 17.6 Å². The maximum Gasteiger partial charge on any atom is 0.182 e. The molecule has 3 nitrogen and oxygen atoms in total. The Bertz CT molecular complexity index is 478. The molecule has 0 aromatic heterocycles. The van der Waals surface area contributed by atoms with Gasteiger partial charge in [0.05, 0.1) is 12.3 Å². The van der Waals surface area contributed by atoms with Gasteiger partial charge in [-0.05, 0) is 30.9 Å². The average molecular weight is 286 g/mol. The summed E-state index contributed by atoms with van der Waals surface area (Å²) in [5, 5.41) is 2.79. The Kier molecular flexibility index (Phi) is 4.66. The molecule has 0 heterocycles. The van der Waals surface area contributed by atoms with Crippen molar-refractivity contribution < 1.29 is 13.5 Å². The van der Waals surface area contributed by atoms with Crippen LogP contribution < -0.4 is 11.1 Å². The van der Waals surface area contributed by atoms with Gasteiger partial charge >= 0.3 is 0 Å². The van der Waals surface area contributed by atoms with E-state index in [1.165, 1.54) is 25.0 Å². The lowest BCUT2D eigenvalue weighted by Gasteiger charge is -2.10. The highest BCUT2D eigenvalue weighted by molar-refractivity contribution is 7.80. The molecule has 0 amide bonds. The van der Waals surface area contributed by atoms with Gasteiger partial charge in [-0.1, -0.05) is 12.2 Å². The van der Waals surface area contributed by atoms with Gasteiger partial charge in [0.1, 0.15) is 4.99 Å². The predicted molar refractivity (Wildman–Crippen MR) is 74.3 cm³/mol. The van der Waals surface area contributed by atoms with Crippen molar-refractivity contribution in [2.45, 2.75) is 12.8 Å². The minimum absolute atomic E-state index is 0.0805. The van der Waals surface area contributed by atoms with Crippen LogP contribution in [0.15, 0.2) is 12.1 Å². The fourth-order valence-electron chi connectivity index (χ4n) is 1.67. The Hall–Kier alpha value is -1.27. The summed E-state index contributed by atoms with van der Waals surface area (Å²) in [4.78, 5) is -0.157. The minimum atomic E-state index is -1.02. The van der Waals surface area contributed by atoms with Crippen LogP contribution in [0.5, 0.6) is 0 Å². The number of hydrogen-bond donors (Lipinski definition) is 2. The quantitative estimate of drug-likeness (QED) is 0.597. The van der Waals surface area contributed by atoms with Crippen molar-refractivity contribution in [1.82, 2.24) is 0 Å². The second-order valence-corrected chi connectivity index (χ2v) is 5.04. The number of thiocarbonyl (C=S) groups is 1. The topological polar surface area (TPSA) is 47.3 Å². The molecule has 1 fully saturated rings. The second kappa shape index (κ2) is 6.25. The monoisotopic (exact) mass is 286 g/mol. The molecule has 1 aliphatic rings. The number of nitrogens with one attached hydrogen (secondary N) is 1. The summed E-state index contributed by atoms with van der Waals surface area (Å²) in [7, 11) is 0. The number of nitrogens with two attached hydrogens (primary N) is 1. The van der Waals surface area contributed by atoms with Crippen molar-refractivity contribution in [2.75, 3.05) is 25.1 Å². The molecule has 0 bridgehead atoms. The molecule has 0 aliphatic heterocycles. The number of hydrogen-bond acceptors (Lipinski definition) is 3. The van der Waals surface area contributed by atoms with Gasteiger partial charge in [0.2, 0.25) is 0 Å². The third-order valence-corrected chi connectivity index (χ3v) is 3.18. The first kappa shape index (κ1) is 14.1. The van der Waals surface area contributed by atoms with Gasteiger partial charge in [-0.25, -0.2) is 8.78 Å². The lowest BCUT2D eigenvalue weighted by atomic mass is 10.2. The zero-order valence-corrected chi connectivity index (χ0v) is 11.2. The molecule has 1 aliphatic carbocycles. The maximum atomic E-state index is 13.7. The van der Waals surface area contributed by atoms with E-state index in [1.54, 1.807) is 0 Å². The number of ether oxygens (including phenoxy) is 1. The Balaban J connectivity index is 1.85. The van der Waals surface area contributed by atoms with Gasteiger partial charge in [-0.2, -0.15) is 0 Å².